The van der Waals surface area contributed by atoms with Crippen molar-refractivity contribution in [3.8, 4) is 0 Å². The van der Waals surface area contributed by atoms with Crippen molar-refractivity contribution in [1.29, 1.82) is 0 Å². The third-order valence-electron chi connectivity index (χ3n) is 10.4. The van der Waals surface area contributed by atoms with Crippen LogP contribution in [0.3, 0.4) is 0 Å². The summed E-state index contributed by atoms with van der Waals surface area (Å²) in [7, 11) is 0. The van der Waals surface area contributed by atoms with E-state index in [0.29, 0.717) is 24.4 Å². The van der Waals surface area contributed by atoms with E-state index >= 15 is 0 Å². The standard InChI is InChI=1S/C22H23ClN2O2.C19H19ClN2/c1-2-27-22(26)25-12-9-15(10-13-25)20-19-8-7-18(23)14-17(19)6-5-16-4-3-11-24-21(16)20;20-16-5-6-17-15(12-16)4-3-14-2-1-9-22-19(14)18(17)13-7-10-21-11-8-13/h3-8,11,14-15,20H,2,9-10,12-13H2,1H3;1-6,9,12-13,18,21H,7-8,10-11H2. The van der Waals surface area contributed by atoms with Crippen molar-refractivity contribution >= 4 is 53.6 Å². The monoisotopic (exact) mass is 692 g/mol. The van der Waals surface area contributed by atoms with E-state index in [-0.39, 0.29) is 12.0 Å². The Balaban J connectivity index is 0.000000157. The van der Waals surface area contributed by atoms with Gasteiger partial charge in [0.15, 0.2) is 0 Å². The van der Waals surface area contributed by atoms with Crippen LogP contribution in [0.4, 0.5) is 4.79 Å². The topological polar surface area (TPSA) is 67.3 Å². The first-order valence-corrected chi connectivity index (χ1v) is 18.2. The van der Waals surface area contributed by atoms with Gasteiger partial charge in [-0.1, -0.05) is 71.8 Å². The minimum atomic E-state index is -0.204. The molecule has 1 N–H and O–H groups in total. The number of carbonyl (C=O) groups excluding carboxylic acids is 1. The quantitative estimate of drug-likeness (QED) is 0.232. The number of nitrogens with zero attached hydrogens (tertiary/aromatic N) is 3. The second-order valence-electron chi connectivity index (χ2n) is 13.2. The highest BCUT2D eigenvalue weighted by Gasteiger charge is 2.35. The summed E-state index contributed by atoms with van der Waals surface area (Å²) in [6.07, 6.45) is 16.5. The van der Waals surface area contributed by atoms with Gasteiger partial charge >= 0.3 is 6.09 Å². The molecule has 4 aromatic rings. The van der Waals surface area contributed by atoms with Crippen LogP contribution in [0.5, 0.6) is 0 Å². The Morgan fingerprint density at radius 1 is 0.735 bits per heavy atom. The molecular formula is C41H42Cl2N4O2. The number of carbonyl (C=O) groups is 1. The third-order valence-corrected chi connectivity index (χ3v) is 10.8. The van der Waals surface area contributed by atoms with E-state index in [1.165, 1.54) is 40.8 Å². The van der Waals surface area contributed by atoms with Gasteiger partial charge in [-0.2, -0.15) is 0 Å². The van der Waals surface area contributed by atoms with Gasteiger partial charge in [0.2, 0.25) is 0 Å². The van der Waals surface area contributed by atoms with E-state index in [2.05, 4.69) is 60.0 Å². The second kappa shape index (κ2) is 15.3. The summed E-state index contributed by atoms with van der Waals surface area (Å²) < 4.78 is 5.16. The Bertz CT molecular complexity index is 1860. The summed E-state index contributed by atoms with van der Waals surface area (Å²) in [6.45, 7) is 5.89. The number of nitrogens with one attached hydrogen (secondary N) is 1. The molecule has 8 rings (SSSR count). The maximum atomic E-state index is 12.0. The molecule has 2 fully saturated rings. The third kappa shape index (κ3) is 7.33. The van der Waals surface area contributed by atoms with Crippen LogP contribution in [-0.4, -0.2) is 53.7 Å². The average Bonchev–Trinajstić information content (AvgIpc) is 3.40. The first-order chi connectivity index (χ1) is 24.0. The molecule has 4 aliphatic rings. The fraction of sp³-hybridized carbons (Fsp3) is 0.341. The number of likely N-dealkylation sites (tertiary alicyclic amines) is 1. The largest absolute Gasteiger partial charge is 0.450 e. The fourth-order valence-electron chi connectivity index (χ4n) is 8.02. The van der Waals surface area contributed by atoms with Gasteiger partial charge in [-0.15, -0.1) is 0 Å². The van der Waals surface area contributed by atoms with Gasteiger partial charge in [0.05, 0.1) is 18.0 Å². The molecule has 2 unspecified atom stereocenters. The second-order valence-corrected chi connectivity index (χ2v) is 14.1. The van der Waals surface area contributed by atoms with Gasteiger partial charge in [0, 0.05) is 47.4 Å². The van der Waals surface area contributed by atoms with E-state index < -0.39 is 0 Å². The lowest BCUT2D eigenvalue weighted by Crippen LogP contribution is -2.40. The molecule has 0 bridgehead atoms. The van der Waals surface area contributed by atoms with Crippen molar-refractivity contribution in [3.63, 3.8) is 0 Å². The van der Waals surface area contributed by atoms with Gasteiger partial charge in [0.25, 0.3) is 0 Å². The zero-order valence-electron chi connectivity index (χ0n) is 27.8. The predicted octanol–water partition coefficient (Wildman–Crippen LogP) is 9.57. The Labute approximate surface area is 299 Å². The smallest absolute Gasteiger partial charge is 0.409 e. The lowest BCUT2D eigenvalue weighted by atomic mass is 9.76. The van der Waals surface area contributed by atoms with Crippen LogP contribution < -0.4 is 5.32 Å². The predicted molar refractivity (Wildman–Crippen MR) is 200 cm³/mol. The van der Waals surface area contributed by atoms with Gasteiger partial charge < -0.3 is 15.0 Å². The molecule has 0 saturated carbocycles. The summed E-state index contributed by atoms with van der Waals surface area (Å²) in [5, 5.41) is 5.01. The van der Waals surface area contributed by atoms with Crippen LogP contribution in [0.25, 0.3) is 24.3 Å². The summed E-state index contributed by atoms with van der Waals surface area (Å²) in [4.78, 5) is 23.4. The fourth-order valence-corrected chi connectivity index (χ4v) is 8.38. The van der Waals surface area contributed by atoms with Crippen LogP contribution in [0, 0.1) is 11.8 Å². The van der Waals surface area contributed by atoms with E-state index in [9.17, 15) is 4.79 Å². The molecule has 2 atom stereocenters. The molecule has 8 heteroatoms. The molecule has 0 radical (unpaired) electrons. The van der Waals surface area contributed by atoms with Crippen LogP contribution in [0.2, 0.25) is 10.0 Å². The normalized spacial score (nSPS) is 20.0. The van der Waals surface area contributed by atoms with Crippen molar-refractivity contribution in [1.82, 2.24) is 20.2 Å². The SMILES string of the molecule is CCOC(=O)N1CCC(C2c3ccc(Cl)cc3C=Cc3cccnc32)CC1.Clc1ccc2c(c1)C=Cc1cccnc1C2C1CCNCC1. The summed E-state index contributed by atoms with van der Waals surface area (Å²) in [5.41, 5.74) is 9.73. The van der Waals surface area contributed by atoms with E-state index in [1.54, 1.807) is 0 Å². The van der Waals surface area contributed by atoms with Crippen LogP contribution in [0.1, 0.15) is 89.2 Å². The molecule has 49 heavy (non-hydrogen) atoms. The lowest BCUT2D eigenvalue weighted by molar-refractivity contribution is 0.0900. The molecule has 4 heterocycles. The maximum absolute atomic E-state index is 12.0. The number of fused-ring (bicyclic) bond motifs is 4. The molecule has 2 aromatic heterocycles. The van der Waals surface area contributed by atoms with Gasteiger partial charge in [0.1, 0.15) is 0 Å². The Kier molecular flexibility index (Phi) is 10.5. The molecular weight excluding hydrogens is 651 g/mol. The Morgan fingerprint density at radius 3 is 1.73 bits per heavy atom. The highest BCUT2D eigenvalue weighted by molar-refractivity contribution is 6.31. The van der Waals surface area contributed by atoms with Gasteiger partial charge in [-0.3, -0.25) is 9.97 Å². The number of aromatic nitrogens is 2. The molecule has 2 aliphatic carbocycles. The van der Waals surface area contributed by atoms with E-state index in [0.717, 1.165) is 65.9 Å². The highest BCUT2D eigenvalue weighted by atomic mass is 35.5. The Hall–Kier alpha value is -3.97. The molecule has 2 saturated heterocycles. The van der Waals surface area contributed by atoms with Gasteiger partial charge in [-0.25, -0.2) is 4.79 Å². The van der Waals surface area contributed by atoms with Gasteiger partial charge in [-0.05, 0) is 127 Å². The van der Waals surface area contributed by atoms with Crippen LogP contribution in [0.15, 0.2) is 73.1 Å². The van der Waals surface area contributed by atoms with E-state index in [4.69, 9.17) is 37.9 Å². The maximum Gasteiger partial charge on any atom is 0.409 e. The molecule has 2 aromatic carbocycles. The average molecular weight is 694 g/mol. The lowest BCUT2D eigenvalue weighted by Gasteiger charge is -2.36. The minimum absolute atomic E-state index is 0.202. The number of benzene rings is 2. The van der Waals surface area contributed by atoms with Crippen molar-refractivity contribution in [2.75, 3.05) is 32.8 Å². The number of hydrogen-bond donors (Lipinski definition) is 1. The van der Waals surface area contributed by atoms with Crippen molar-refractivity contribution in [2.24, 2.45) is 11.8 Å². The summed E-state index contributed by atoms with van der Waals surface area (Å²) in [5.74, 6) is 1.62. The molecule has 6 nitrogen and oxygen atoms in total. The summed E-state index contributed by atoms with van der Waals surface area (Å²) in [6, 6.07) is 20.7. The Morgan fingerprint density at radius 2 is 1.22 bits per heavy atom. The zero-order valence-corrected chi connectivity index (χ0v) is 29.3. The first kappa shape index (κ1) is 33.5. The number of halogens is 2. The molecule has 0 spiro atoms. The summed E-state index contributed by atoms with van der Waals surface area (Å²) >= 11 is 12.5. The number of rotatable bonds is 3. The van der Waals surface area contributed by atoms with Crippen molar-refractivity contribution in [3.05, 3.63) is 128 Å². The number of piperidine rings is 2. The van der Waals surface area contributed by atoms with Crippen molar-refractivity contribution < 1.29 is 9.53 Å². The number of hydrogen-bond acceptors (Lipinski definition) is 5. The molecule has 1 amide bonds. The number of ether oxygens (including phenoxy) is 1. The molecule has 2 aliphatic heterocycles. The highest BCUT2D eigenvalue weighted by Crippen LogP contribution is 2.44. The minimum Gasteiger partial charge on any atom is -0.450 e. The number of pyridine rings is 2. The van der Waals surface area contributed by atoms with Crippen LogP contribution in [-0.2, 0) is 4.74 Å². The first-order valence-electron chi connectivity index (χ1n) is 17.5. The van der Waals surface area contributed by atoms with Crippen molar-refractivity contribution in [2.45, 2.75) is 44.4 Å². The number of amides is 1. The van der Waals surface area contributed by atoms with E-state index in [1.807, 2.05) is 54.5 Å². The zero-order chi connectivity index (χ0) is 33.7. The molecule has 252 valence electrons. The van der Waals surface area contributed by atoms with Crippen LogP contribution >= 0.6 is 23.2 Å².